The number of benzene rings is 3. The van der Waals surface area contributed by atoms with Crippen LogP contribution in [0.25, 0.3) is 21.9 Å². The first kappa shape index (κ1) is 41.2. The number of nitrogens with zero attached hydrogens (tertiary/aromatic N) is 4. The molecule has 3 aromatic heterocycles. The van der Waals surface area contributed by atoms with E-state index in [-0.39, 0.29) is 35.1 Å². The molecule has 0 atom stereocenters. The molecule has 1 fully saturated rings. The SMILES string of the molecule is Cc1cc(C)c(CNC(=O)c2cc(-c3ccc(N4CCN(C(=O)c5cc(Cc6n[nH]c(=O)c7ccccc67)ccc5F)CC4)nc3)cc(NC(=O)CC(C)C)c2C)c(=O)[nH]1. The Morgan fingerprint density at radius 3 is 2.30 bits per heavy atom. The molecule has 1 aliphatic rings. The summed E-state index contributed by atoms with van der Waals surface area (Å²) in [5.41, 5.74) is 5.52. The van der Waals surface area contributed by atoms with Gasteiger partial charge in [0.05, 0.1) is 16.6 Å². The quantitative estimate of drug-likeness (QED) is 0.120. The smallest absolute Gasteiger partial charge is 0.272 e. The van der Waals surface area contributed by atoms with Crippen LogP contribution in [-0.4, -0.2) is 69.0 Å². The number of aryl methyl sites for hydroxylation is 2. The number of halogens is 1. The molecule has 0 unspecified atom stereocenters. The Kier molecular flexibility index (Phi) is 12.0. The lowest BCUT2D eigenvalue weighted by atomic mass is 9.97. The fourth-order valence-corrected chi connectivity index (χ4v) is 7.58. The first-order valence-corrected chi connectivity index (χ1v) is 19.9. The molecule has 3 amide bonds. The maximum Gasteiger partial charge on any atom is 0.272 e. The van der Waals surface area contributed by atoms with Crippen LogP contribution in [0.15, 0.2) is 88.6 Å². The van der Waals surface area contributed by atoms with Gasteiger partial charge in [-0.2, -0.15) is 5.10 Å². The monoisotopic (exact) mass is 810 g/mol. The number of fused-ring (bicyclic) bond motifs is 1. The number of pyridine rings is 2. The van der Waals surface area contributed by atoms with Gasteiger partial charge >= 0.3 is 0 Å². The minimum Gasteiger partial charge on any atom is -0.353 e. The maximum atomic E-state index is 15.1. The van der Waals surface area contributed by atoms with Gasteiger partial charge in [-0.3, -0.25) is 24.0 Å². The van der Waals surface area contributed by atoms with Gasteiger partial charge in [0, 0.05) is 85.2 Å². The predicted molar refractivity (Wildman–Crippen MR) is 230 cm³/mol. The molecule has 60 heavy (non-hydrogen) atoms. The lowest BCUT2D eigenvalue weighted by Gasteiger charge is -2.35. The highest BCUT2D eigenvalue weighted by atomic mass is 19.1. The van der Waals surface area contributed by atoms with Crippen molar-refractivity contribution < 1.29 is 18.8 Å². The van der Waals surface area contributed by atoms with Crippen LogP contribution in [0, 0.1) is 32.5 Å². The Morgan fingerprint density at radius 1 is 0.850 bits per heavy atom. The van der Waals surface area contributed by atoms with E-state index in [2.05, 4.69) is 25.8 Å². The van der Waals surface area contributed by atoms with E-state index in [9.17, 15) is 24.0 Å². The molecular formula is C46H47FN8O5. The fourth-order valence-electron chi connectivity index (χ4n) is 7.58. The van der Waals surface area contributed by atoms with Gasteiger partial charge in [0.15, 0.2) is 0 Å². The molecule has 0 radical (unpaired) electrons. The number of aromatic nitrogens is 4. The first-order valence-electron chi connectivity index (χ1n) is 19.9. The summed E-state index contributed by atoms with van der Waals surface area (Å²) in [4.78, 5) is 76.3. The summed E-state index contributed by atoms with van der Waals surface area (Å²) < 4.78 is 15.1. The highest BCUT2D eigenvalue weighted by molar-refractivity contribution is 6.01. The fraction of sp³-hybridized carbons (Fsp3) is 0.283. The Bertz CT molecular complexity index is 2740. The van der Waals surface area contributed by atoms with Gasteiger partial charge in [-0.1, -0.05) is 38.1 Å². The number of H-pyrrole nitrogens is 2. The summed E-state index contributed by atoms with van der Waals surface area (Å²) in [6.45, 7) is 11.0. The average Bonchev–Trinajstić information content (AvgIpc) is 3.22. The van der Waals surface area contributed by atoms with E-state index in [1.807, 2.05) is 62.1 Å². The van der Waals surface area contributed by atoms with E-state index in [0.717, 1.165) is 11.3 Å². The minimum atomic E-state index is -0.612. The Hall–Kier alpha value is -6.96. The van der Waals surface area contributed by atoms with Gasteiger partial charge in [0.25, 0.3) is 22.9 Å². The van der Waals surface area contributed by atoms with Crippen molar-refractivity contribution in [2.75, 3.05) is 36.4 Å². The lowest BCUT2D eigenvalue weighted by molar-refractivity contribution is -0.116. The molecule has 0 aliphatic carbocycles. The third kappa shape index (κ3) is 9.02. The number of nitrogens with one attached hydrogen (secondary N) is 4. The average molecular weight is 811 g/mol. The van der Waals surface area contributed by atoms with Gasteiger partial charge < -0.3 is 25.4 Å². The largest absolute Gasteiger partial charge is 0.353 e. The molecule has 1 aliphatic heterocycles. The Balaban J connectivity index is 1.05. The second kappa shape index (κ2) is 17.5. The number of amides is 3. The summed E-state index contributed by atoms with van der Waals surface area (Å²) in [5.74, 6) is -0.761. The van der Waals surface area contributed by atoms with Gasteiger partial charge in [-0.25, -0.2) is 14.5 Å². The molecule has 0 spiro atoms. The van der Waals surface area contributed by atoms with Gasteiger partial charge in [0.2, 0.25) is 5.91 Å². The number of rotatable bonds is 11. The number of anilines is 2. The number of hydrogen-bond donors (Lipinski definition) is 4. The molecule has 4 heterocycles. The van der Waals surface area contributed by atoms with E-state index in [1.54, 1.807) is 55.3 Å². The van der Waals surface area contributed by atoms with Gasteiger partial charge in [-0.05, 0) is 97.5 Å². The number of aromatic amines is 2. The topological polar surface area (TPSA) is 173 Å². The zero-order valence-electron chi connectivity index (χ0n) is 34.2. The van der Waals surface area contributed by atoms with Crippen LogP contribution in [0.1, 0.15) is 74.6 Å². The van der Waals surface area contributed by atoms with Crippen molar-refractivity contribution in [3.05, 3.63) is 150 Å². The van der Waals surface area contributed by atoms with Crippen LogP contribution in [0.3, 0.4) is 0 Å². The summed E-state index contributed by atoms with van der Waals surface area (Å²) in [7, 11) is 0. The molecule has 1 saturated heterocycles. The first-order chi connectivity index (χ1) is 28.7. The molecule has 14 heteroatoms. The zero-order chi connectivity index (χ0) is 42.7. The summed E-state index contributed by atoms with van der Waals surface area (Å²) >= 11 is 0. The number of carbonyl (C=O) groups is 3. The molecule has 4 N–H and O–H groups in total. The Labute approximate surface area is 346 Å². The van der Waals surface area contributed by atoms with Crippen molar-refractivity contribution in [2.24, 2.45) is 5.92 Å². The lowest BCUT2D eigenvalue weighted by Crippen LogP contribution is -2.49. The van der Waals surface area contributed by atoms with Crippen LogP contribution in [0.5, 0.6) is 0 Å². The Morgan fingerprint density at radius 2 is 1.60 bits per heavy atom. The van der Waals surface area contributed by atoms with Gasteiger partial charge in [-0.15, -0.1) is 0 Å². The highest BCUT2D eigenvalue weighted by Crippen LogP contribution is 2.30. The zero-order valence-corrected chi connectivity index (χ0v) is 34.2. The summed E-state index contributed by atoms with van der Waals surface area (Å²) in [6.07, 6.45) is 2.31. The van der Waals surface area contributed by atoms with Crippen molar-refractivity contribution in [3.63, 3.8) is 0 Å². The summed E-state index contributed by atoms with van der Waals surface area (Å²) in [6, 6.07) is 20.8. The van der Waals surface area contributed by atoms with Crippen LogP contribution < -0.4 is 26.7 Å². The molecule has 13 nitrogen and oxygen atoms in total. The molecule has 308 valence electrons. The number of piperazine rings is 1. The molecule has 3 aromatic carbocycles. The van der Waals surface area contributed by atoms with Crippen LogP contribution in [-0.2, 0) is 17.8 Å². The summed E-state index contributed by atoms with van der Waals surface area (Å²) in [5, 5.41) is 13.8. The van der Waals surface area contributed by atoms with E-state index >= 15 is 4.39 Å². The van der Waals surface area contributed by atoms with Crippen molar-refractivity contribution in [2.45, 2.75) is 54.0 Å². The number of hydrogen-bond acceptors (Lipinski definition) is 8. The third-order valence-electron chi connectivity index (χ3n) is 10.8. The van der Waals surface area contributed by atoms with E-state index in [4.69, 9.17) is 4.98 Å². The van der Waals surface area contributed by atoms with Crippen molar-refractivity contribution in [3.8, 4) is 11.1 Å². The van der Waals surface area contributed by atoms with Gasteiger partial charge in [0.1, 0.15) is 11.6 Å². The predicted octanol–water partition coefficient (Wildman–Crippen LogP) is 6.21. The molecule has 6 aromatic rings. The van der Waals surface area contributed by atoms with Crippen molar-refractivity contribution >= 4 is 40.0 Å². The molecule has 0 bridgehead atoms. The second-order valence-electron chi connectivity index (χ2n) is 15.7. The molecule has 0 saturated carbocycles. The molecular weight excluding hydrogens is 764 g/mol. The minimum absolute atomic E-state index is 0.0259. The van der Waals surface area contributed by atoms with Crippen LogP contribution in [0.4, 0.5) is 15.9 Å². The van der Waals surface area contributed by atoms with Crippen LogP contribution >= 0.6 is 0 Å². The normalized spacial score (nSPS) is 12.8. The van der Waals surface area contributed by atoms with E-state index in [1.165, 1.54) is 6.07 Å². The standard InChI is InChI=1S/C46H47FN8O5/c1-26(2)18-42(56)51-39-23-32(22-35(29(39)5)43(57)49-25-37-27(3)19-28(4)50-44(37)58)31-11-13-41(48-24-31)54-14-16-55(17-15-54)46(60)36-20-30(10-12-38(36)47)21-40-33-8-6-7-9-34(33)45(59)53-52-40/h6-13,19-20,22-24,26H,14-18,21,25H2,1-5H3,(H,49,57)(H,50,58)(H,51,56)(H,53,59). The molecule has 7 rings (SSSR count). The second-order valence-corrected chi connectivity index (χ2v) is 15.7. The third-order valence-corrected chi connectivity index (χ3v) is 10.8. The maximum absolute atomic E-state index is 15.1. The van der Waals surface area contributed by atoms with Crippen molar-refractivity contribution in [1.82, 2.24) is 30.4 Å². The van der Waals surface area contributed by atoms with Crippen molar-refractivity contribution in [1.29, 1.82) is 0 Å². The highest BCUT2D eigenvalue weighted by Gasteiger charge is 2.26. The van der Waals surface area contributed by atoms with E-state index < -0.39 is 17.6 Å². The number of carbonyl (C=O) groups excluding carboxylic acids is 3. The van der Waals surface area contributed by atoms with Crippen LogP contribution in [0.2, 0.25) is 0 Å². The van der Waals surface area contributed by atoms with E-state index in [0.29, 0.717) is 100 Å².